The van der Waals surface area contributed by atoms with Crippen LogP contribution in [0.1, 0.15) is 30.4 Å². The van der Waals surface area contributed by atoms with Crippen LogP contribution in [0.5, 0.6) is 0 Å². The summed E-state index contributed by atoms with van der Waals surface area (Å²) in [6.45, 7) is 2.74. The van der Waals surface area contributed by atoms with Gasteiger partial charge in [0.15, 0.2) is 0 Å². The average molecular weight is 394 g/mol. The fraction of sp³-hybridized carbons (Fsp3) is 0.385. The fourth-order valence-electron chi connectivity index (χ4n) is 1.74. The number of carbonyl (C=O) groups excluding carboxylic acids is 1. The van der Waals surface area contributed by atoms with Gasteiger partial charge in [0.25, 0.3) is 18.8 Å². The molecule has 0 aliphatic heterocycles. The van der Waals surface area contributed by atoms with Gasteiger partial charge in [-0.3, -0.25) is 19.5 Å². The highest BCUT2D eigenvalue weighted by molar-refractivity contribution is 5.79. The standard InChI is InChI=1S/C11H13F3N6O.2CH2O2/c1-6(20-4-3-15-7(20)2)9(21)16-5-8-17-10(19-18-8)11(12,13)14;2*2-1-3/h3-4,6H,5H2,1-2H3,(H,16,21)(H,17,18,19);2*1H,(H,2,3). The Balaban J connectivity index is 0.000000997. The Bertz CT molecular complexity index is 724. The van der Waals surface area contributed by atoms with Crippen molar-refractivity contribution >= 4 is 18.9 Å². The minimum atomic E-state index is -4.61. The maximum Gasteiger partial charge on any atom is 0.453 e. The van der Waals surface area contributed by atoms with Gasteiger partial charge in [-0.1, -0.05) is 0 Å². The molecule has 1 atom stereocenters. The minimum absolute atomic E-state index is 0.0646. The second-order valence-electron chi connectivity index (χ2n) is 4.59. The molecule has 0 radical (unpaired) electrons. The van der Waals surface area contributed by atoms with Crippen molar-refractivity contribution in [2.75, 3.05) is 0 Å². The number of aryl methyl sites for hydroxylation is 1. The number of carboxylic acid groups (broad SMARTS) is 2. The Morgan fingerprint density at radius 1 is 1.37 bits per heavy atom. The van der Waals surface area contributed by atoms with Crippen LogP contribution in [0, 0.1) is 6.92 Å². The quantitative estimate of drug-likeness (QED) is 0.548. The van der Waals surface area contributed by atoms with Crippen molar-refractivity contribution in [3.63, 3.8) is 0 Å². The van der Waals surface area contributed by atoms with E-state index in [9.17, 15) is 18.0 Å². The van der Waals surface area contributed by atoms with Crippen molar-refractivity contribution in [2.45, 2.75) is 32.6 Å². The van der Waals surface area contributed by atoms with Gasteiger partial charge in [-0.2, -0.15) is 13.2 Å². The highest BCUT2D eigenvalue weighted by Gasteiger charge is 2.36. The third-order valence-corrected chi connectivity index (χ3v) is 2.87. The molecule has 0 saturated carbocycles. The van der Waals surface area contributed by atoms with Gasteiger partial charge >= 0.3 is 6.18 Å². The van der Waals surface area contributed by atoms with Crippen molar-refractivity contribution < 1.29 is 37.8 Å². The third kappa shape index (κ3) is 7.98. The topological polar surface area (TPSA) is 163 Å². The van der Waals surface area contributed by atoms with E-state index >= 15 is 0 Å². The summed E-state index contributed by atoms with van der Waals surface area (Å²) in [4.78, 5) is 35.9. The first-order chi connectivity index (χ1) is 12.6. The number of aromatic nitrogens is 5. The van der Waals surface area contributed by atoms with Crippen LogP contribution in [0.25, 0.3) is 0 Å². The van der Waals surface area contributed by atoms with Crippen molar-refractivity contribution in [1.82, 2.24) is 30.0 Å². The molecule has 2 aromatic heterocycles. The number of carbonyl (C=O) groups is 3. The number of H-pyrrole nitrogens is 1. The van der Waals surface area contributed by atoms with E-state index in [2.05, 4.69) is 25.5 Å². The maximum absolute atomic E-state index is 12.3. The molecule has 0 bridgehead atoms. The molecule has 11 nitrogen and oxygen atoms in total. The molecule has 2 aromatic rings. The molecule has 27 heavy (non-hydrogen) atoms. The zero-order valence-electron chi connectivity index (χ0n) is 14.1. The van der Waals surface area contributed by atoms with Gasteiger partial charge in [0, 0.05) is 12.4 Å². The lowest BCUT2D eigenvalue weighted by atomic mass is 10.3. The van der Waals surface area contributed by atoms with Crippen LogP contribution in [0.2, 0.25) is 0 Å². The summed E-state index contributed by atoms with van der Waals surface area (Å²) in [6, 6.07) is -0.530. The molecule has 0 spiro atoms. The van der Waals surface area contributed by atoms with E-state index in [1.807, 2.05) is 0 Å². The first-order valence-electron chi connectivity index (χ1n) is 7.03. The van der Waals surface area contributed by atoms with Crippen LogP contribution in [-0.4, -0.2) is 53.8 Å². The van der Waals surface area contributed by atoms with E-state index in [1.54, 1.807) is 30.8 Å². The minimum Gasteiger partial charge on any atom is -0.483 e. The molecule has 14 heteroatoms. The number of aromatic amines is 1. The summed E-state index contributed by atoms with van der Waals surface area (Å²) < 4.78 is 38.6. The van der Waals surface area contributed by atoms with E-state index in [-0.39, 0.29) is 31.2 Å². The molecule has 2 heterocycles. The molecule has 0 fully saturated rings. The van der Waals surface area contributed by atoms with Gasteiger partial charge < -0.3 is 20.1 Å². The maximum atomic E-state index is 12.3. The lowest BCUT2D eigenvalue weighted by Crippen LogP contribution is -2.31. The largest absolute Gasteiger partial charge is 0.483 e. The van der Waals surface area contributed by atoms with Crippen LogP contribution in [0.4, 0.5) is 13.2 Å². The zero-order valence-corrected chi connectivity index (χ0v) is 14.1. The Morgan fingerprint density at radius 2 is 1.93 bits per heavy atom. The Hall–Kier alpha value is -3.45. The van der Waals surface area contributed by atoms with Crippen LogP contribution >= 0.6 is 0 Å². The molecule has 1 amide bonds. The fourth-order valence-corrected chi connectivity index (χ4v) is 1.74. The highest BCUT2D eigenvalue weighted by Crippen LogP contribution is 2.25. The molecule has 0 aromatic carbocycles. The number of nitrogens with zero attached hydrogens (tertiary/aromatic N) is 4. The number of hydrogen-bond donors (Lipinski definition) is 4. The molecule has 0 aliphatic rings. The molecular formula is C13H17F3N6O5. The number of amides is 1. The van der Waals surface area contributed by atoms with E-state index in [0.29, 0.717) is 5.82 Å². The number of halogens is 3. The number of rotatable bonds is 4. The van der Waals surface area contributed by atoms with Gasteiger partial charge in [-0.25, -0.2) is 9.97 Å². The van der Waals surface area contributed by atoms with Gasteiger partial charge in [0.2, 0.25) is 5.91 Å². The predicted molar refractivity (Wildman–Crippen MR) is 82.3 cm³/mol. The number of nitrogens with one attached hydrogen (secondary N) is 2. The zero-order chi connectivity index (χ0) is 21.0. The summed E-state index contributed by atoms with van der Waals surface area (Å²) >= 11 is 0. The summed E-state index contributed by atoms with van der Waals surface area (Å²) in [7, 11) is 0. The lowest BCUT2D eigenvalue weighted by Gasteiger charge is -2.14. The molecule has 0 aliphatic carbocycles. The Labute approximate surface area is 150 Å². The van der Waals surface area contributed by atoms with Crippen LogP contribution < -0.4 is 5.32 Å². The second kappa shape index (κ2) is 11.2. The van der Waals surface area contributed by atoms with E-state index < -0.39 is 18.0 Å². The molecule has 1 unspecified atom stereocenters. The molecule has 4 N–H and O–H groups in total. The number of alkyl halides is 3. The number of hydrogen-bond acceptors (Lipinski definition) is 6. The van der Waals surface area contributed by atoms with E-state index in [4.69, 9.17) is 19.8 Å². The molecular weight excluding hydrogens is 377 g/mol. The second-order valence-corrected chi connectivity index (χ2v) is 4.59. The first kappa shape index (κ1) is 23.5. The van der Waals surface area contributed by atoms with Crippen molar-refractivity contribution in [2.24, 2.45) is 0 Å². The Kier molecular flexibility index (Phi) is 9.79. The SMILES string of the molecule is Cc1nccn1C(C)C(=O)NCc1nc(C(F)(F)F)n[nH]1.O=CO.O=CO. The van der Waals surface area contributed by atoms with Crippen LogP contribution in [0.3, 0.4) is 0 Å². The van der Waals surface area contributed by atoms with E-state index in [1.165, 1.54) is 0 Å². The van der Waals surface area contributed by atoms with Gasteiger partial charge in [-0.15, -0.1) is 5.10 Å². The van der Waals surface area contributed by atoms with E-state index in [0.717, 1.165) is 0 Å². The lowest BCUT2D eigenvalue weighted by molar-refractivity contribution is -0.144. The summed E-state index contributed by atoms with van der Waals surface area (Å²) in [5.41, 5.74) is 0. The van der Waals surface area contributed by atoms with Gasteiger partial charge in [0.1, 0.15) is 17.7 Å². The highest BCUT2D eigenvalue weighted by atomic mass is 19.4. The van der Waals surface area contributed by atoms with Crippen LogP contribution in [0.15, 0.2) is 12.4 Å². The normalized spacial score (nSPS) is 11.1. The van der Waals surface area contributed by atoms with Crippen molar-refractivity contribution in [3.8, 4) is 0 Å². The molecule has 0 saturated heterocycles. The summed E-state index contributed by atoms with van der Waals surface area (Å²) in [5.74, 6) is -1.02. The van der Waals surface area contributed by atoms with Gasteiger partial charge in [0.05, 0.1) is 6.54 Å². The smallest absolute Gasteiger partial charge is 0.453 e. The average Bonchev–Trinajstić information content (AvgIpc) is 3.22. The van der Waals surface area contributed by atoms with Gasteiger partial charge in [-0.05, 0) is 13.8 Å². The molecule has 150 valence electrons. The Morgan fingerprint density at radius 3 is 2.33 bits per heavy atom. The van der Waals surface area contributed by atoms with Crippen molar-refractivity contribution in [3.05, 3.63) is 29.9 Å². The molecule has 2 rings (SSSR count). The summed E-state index contributed by atoms with van der Waals surface area (Å²) in [5, 5.41) is 21.5. The van der Waals surface area contributed by atoms with Crippen LogP contribution in [-0.2, 0) is 27.1 Å². The monoisotopic (exact) mass is 394 g/mol. The first-order valence-corrected chi connectivity index (χ1v) is 7.03. The number of imidazole rings is 1. The predicted octanol–water partition coefficient (Wildman–Crippen LogP) is 0.607. The third-order valence-electron chi connectivity index (χ3n) is 2.87. The van der Waals surface area contributed by atoms with Crippen molar-refractivity contribution in [1.29, 1.82) is 0 Å². The summed E-state index contributed by atoms with van der Waals surface area (Å²) in [6.07, 6.45) is -1.40.